The first-order valence-electron chi connectivity index (χ1n) is 7.56. The Morgan fingerprint density at radius 3 is 2.50 bits per heavy atom. The molecule has 0 spiro atoms. The standard InChI is InChI=1S/C17H29NO2/c1-6-7-14(4)18-10-16(19)11-20-17-13(3)9-8-12(2)15(17)5/h8-9,14,16,18-19H,6-7,10-11H2,1-5H3. The zero-order valence-electron chi connectivity index (χ0n) is 13.5. The molecule has 3 nitrogen and oxygen atoms in total. The fourth-order valence-corrected chi connectivity index (χ4v) is 2.26. The first-order valence-corrected chi connectivity index (χ1v) is 7.56. The van der Waals surface area contributed by atoms with Crippen molar-refractivity contribution in [3.63, 3.8) is 0 Å². The van der Waals surface area contributed by atoms with Crippen LogP contribution in [0.5, 0.6) is 5.75 Å². The van der Waals surface area contributed by atoms with Gasteiger partial charge < -0.3 is 15.2 Å². The van der Waals surface area contributed by atoms with Crippen molar-refractivity contribution < 1.29 is 9.84 Å². The van der Waals surface area contributed by atoms with Crippen LogP contribution in [0.25, 0.3) is 0 Å². The van der Waals surface area contributed by atoms with Gasteiger partial charge >= 0.3 is 0 Å². The number of ether oxygens (including phenoxy) is 1. The predicted molar refractivity (Wildman–Crippen MR) is 84.5 cm³/mol. The summed E-state index contributed by atoms with van der Waals surface area (Å²) in [5.41, 5.74) is 3.49. The molecule has 0 bridgehead atoms. The van der Waals surface area contributed by atoms with Crippen molar-refractivity contribution >= 4 is 0 Å². The Morgan fingerprint density at radius 2 is 1.85 bits per heavy atom. The number of aliphatic hydroxyl groups excluding tert-OH is 1. The minimum atomic E-state index is -0.478. The largest absolute Gasteiger partial charge is 0.490 e. The van der Waals surface area contributed by atoms with E-state index in [4.69, 9.17) is 4.74 Å². The van der Waals surface area contributed by atoms with Gasteiger partial charge in [0.05, 0.1) is 0 Å². The molecule has 0 fully saturated rings. The SMILES string of the molecule is CCCC(C)NCC(O)COc1c(C)ccc(C)c1C. The Labute approximate surface area is 123 Å². The highest BCUT2D eigenvalue weighted by atomic mass is 16.5. The van der Waals surface area contributed by atoms with Gasteiger partial charge in [-0.25, -0.2) is 0 Å². The number of benzene rings is 1. The van der Waals surface area contributed by atoms with Gasteiger partial charge in [0.2, 0.25) is 0 Å². The van der Waals surface area contributed by atoms with Gasteiger partial charge in [0, 0.05) is 12.6 Å². The summed E-state index contributed by atoms with van der Waals surface area (Å²) < 4.78 is 5.81. The van der Waals surface area contributed by atoms with Crippen LogP contribution < -0.4 is 10.1 Å². The number of aryl methyl sites for hydroxylation is 2. The minimum absolute atomic E-state index is 0.330. The smallest absolute Gasteiger partial charge is 0.125 e. The summed E-state index contributed by atoms with van der Waals surface area (Å²) in [7, 11) is 0. The third-order valence-corrected chi connectivity index (χ3v) is 3.72. The zero-order valence-corrected chi connectivity index (χ0v) is 13.5. The van der Waals surface area contributed by atoms with E-state index in [9.17, 15) is 5.11 Å². The monoisotopic (exact) mass is 279 g/mol. The van der Waals surface area contributed by atoms with Crippen molar-refractivity contribution in [1.29, 1.82) is 0 Å². The van der Waals surface area contributed by atoms with E-state index < -0.39 is 6.10 Å². The highest BCUT2D eigenvalue weighted by Crippen LogP contribution is 2.25. The molecule has 2 unspecified atom stereocenters. The highest BCUT2D eigenvalue weighted by Gasteiger charge is 2.11. The van der Waals surface area contributed by atoms with Gasteiger partial charge in [0.25, 0.3) is 0 Å². The summed E-state index contributed by atoms with van der Waals surface area (Å²) >= 11 is 0. The third kappa shape index (κ3) is 5.14. The van der Waals surface area contributed by atoms with Crippen LogP contribution >= 0.6 is 0 Å². The lowest BCUT2D eigenvalue weighted by atomic mass is 10.1. The molecule has 1 aromatic rings. The van der Waals surface area contributed by atoms with Crippen molar-refractivity contribution in [1.82, 2.24) is 5.32 Å². The maximum Gasteiger partial charge on any atom is 0.125 e. The molecular formula is C17H29NO2. The van der Waals surface area contributed by atoms with E-state index in [2.05, 4.69) is 45.1 Å². The maximum atomic E-state index is 9.99. The van der Waals surface area contributed by atoms with Gasteiger partial charge in [-0.1, -0.05) is 25.5 Å². The molecule has 1 rings (SSSR count). The van der Waals surface area contributed by atoms with Crippen molar-refractivity contribution in [2.24, 2.45) is 0 Å². The normalized spacial score (nSPS) is 14.1. The summed E-state index contributed by atoms with van der Waals surface area (Å²) in [6, 6.07) is 4.60. The second-order valence-electron chi connectivity index (χ2n) is 5.72. The quantitative estimate of drug-likeness (QED) is 0.768. The fourth-order valence-electron chi connectivity index (χ4n) is 2.26. The van der Waals surface area contributed by atoms with Crippen LogP contribution in [-0.2, 0) is 0 Å². The summed E-state index contributed by atoms with van der Waals surface area (Å²) in [6.45, 7) is 11.4. The van der Waals surface area contributed by atoms with Gasteiger partial charge in [0.1, 0.15) is 18.5 Å². The minimum Gasteiger partial charge on any atom is -0.490 e. The molecule has 1 aromatic carbocycles. The molecule has 0 aliphatic rings. The molecule has 0 aromatic heterocycles. The number of hydrogen-bond acceptors (Lipinski definition) is 3. The van der Waals surface area contributed by atoms with Gasteiger partial charge in [-0.3, -0.25) is 0 Å². The zero-order chi connectivity index (χ0) is 15.1. The van der Waals surface area contributed by atoms with Crippen LogP contribution in [0.4, 0.5) is 0 Å². The summed E-state index contributed by atoms with van der Waals surface area (Å²) in [5, 5.41) is 13.3. The first kappa shape index (κ1) is 17.0. The Bertz CT molecular complexity index is 418. The van der Waals surface area contributed by atoms with Gasteiger partial charge in [-0.05, 0) is 50.8 Å². The van der Waals surface area contributed by atoms with E-state index in [1.807, 2.05) is 6.92 Å². The lowest BCUT2D eigenvalue weighted by molar-refractivity contribution is 0.103. The van der Waals surface area contributed by atoms with E-state index in [1.54, 1.807) is 0 Å². The van der Waals surface area contributed by atoms with Crippen molar-refractivity contribution in [2.75, 3.05) is 13.2 Å². The molecule has 0 heterocycles. The molecule has 0 amide bonds. The average molecular weight is 279 g/mol. The third-order valence-electron chi connectivity index (χ3n) is 3.72. The van der Waals surface area contributed by atoms with Crippen LogP contribution in [0.3, 0.4) is 0 Å². The number of aliphatic hydroxyl groups is 1. The summed E-state index contributed by atoms with van der Waals surface area (Å²) in [4.78, 5) is 0. The topological polar surface area (TPSA) is 41.5 Å². The van der Waals surface area contributed by atoms with Gasteiger partial charge in [0.15, 0.2) is 0 Å². The predicted octanol–water partition coefficient (Wildman–Crippen LogP) is 3.13. The number of nitrogens with one attached hydrogen (secondary N) is 1. The van der Waals surface area contributed by atoms with Crippen LogP contribution in [0, 0.1) is 20.8 Å². The van der Waals surface area contributed by atoms with Gasteiger partial charge in [-0.15, -0.1) is 0 Å². The van der Waals surface area contributed by atoms with Crippen LogP contribution in [0.1, 0.15) is 43.4 Å². The molecule has 3 heteroatoms. The van der Waals surface area contributed by atoms with Crippen LogP contribution in [0.2, 0.25) is 0 Å². The molecule has 114 valence electrons. The highest BCUT2D eigenvalue weighted by molar-refractivity contribution is 5.44. The first-order chi connectivity index (χ1) is 9.45. The molecule has 2 atom stereocenters. The molecule has 2 N–H and O–H groups in total. The molecule has 0 saturated carbocycles. The average Bonchev–Trinajstić information content (AvgIpc) is 2.41. The summed E-state index contributed by atoms with van der Waals surface area (Å²) in [5.74, 6) is 0.908. The van der Waals surface area contributed by atoms with Crippen molar-refractivity contribution in [3.8, 4) is 5.75 Å². The molecule has 0 aliphatic heterocycles. The van der Waals surface area contributed by atoms with Gasteiger partial charge in [-0.2, -0.15) is 0 Å². The second-order valence-corrected chi connectivity index (χ2v) is 5.72. The molecule has 0 radical (unpaired) electrons. The Morgan fingerprint density at radius 1 is 1.20 bits per heavy atom. The lowest BCUT2D eigenvalue weighted by Crippen LogP contribution is -2.36. The maximum absolute atomic E-state index is 9.99. The number of hydrogen-bond donors (Lipinski definition) is 2. The Hall–Kier alpha value is -1.06. The van der Waals surface area contributed by atoms with Crippen molar-refractivity contribution in [2.45, 2.75) is 59.6 Å². The van der Waals surface area contributed by atoms with E-state index in [0.717, 1.165) is 29.7 Å². The van der Waals surface area contributed by atoms with Crippen LogP contribution in [0.15, 0.2) is 12.1 Å². The van der Waals surface area contributed by atoms with E-state index in [-0.39, 0.29) is 0 Å². The Kier molecular flexibility index (Phi) is 7.03. The summed E-state index contributed by atoms with van der Waals surface area (Å²) in [6.07, 6.45) is 1.81. The second kappa shape index (κ2) is 8.28. The fraction of sp³-hybridized carbons (Fsp3) is 0.647. The Balaban J connectivity index is 2.45. The molecule has 0 aliphatic carbocycles. The van der Waals surface area contributed by atoms with E-state index >= 15 is 0 Å². The van der Waals surface area contributed by atoms with E-state index in [0.29, 0.717) is 19.2 Å². The lowest BCUT2D eigenvalue weighted by Gasteiger charge is -2.19. The molecule has 0 saturated heterocycles. The van der Waals surface area contributed by atoms with E-state index in [1.165, 1.54) is 5.56 Å². The van der Waals surface area contributed by atoms with Crippen molar-refractivity contribution in [3.05, 3.63) is 28.8 Å². The molecular weight excluding hydrogens is 250 g/mol. The number of rotatable bonds is 8. The van der Waals surface area contributed by atoms with Crippen LogP contribution in [-0.4, -0.2) is 30.4 Å². The molecule has 20 heavy (non-hydrogen) atoms.